The fourth-order valence-electron chi connectivity index (χ4n) is 5.11. The van der Waals surface area contributed by atoms with Gasteiger partial charge in [-0.1, -0.05) is 25.5 Å². The van der Waals surface area contributed by atoms with Crippen LogP contribution in [0.5, 0.6) is 0 Å². The van der Waals surface area contributed by atoms with Crippen molar-refractivity contribution in [2.24, 2.45) is 0 Å². The number of nitrogens with zero attached hydrogens (tertiary/aromatic N) is 4. The van der Waals surface area contributed by atoms with Gasteiger partial charge in [0.15, 0.2) is 17.9 Å². The van der Waals surface area contributed by atoms with Crippen LogP contribution >= 0.6 is 0 Å². The Bertz CT molecular complexity index is 1430. The second kappa shape index (κ2) is 10.5. The number of aromatic nitrogens is 2. The SMILES string of the molecule is CCCC(NC(=O)c1ccc(-c2cnco2)cc1)C(=O)N1CCC2C1C(=O)CN2S(=O)(=O)c1cccnc1. The van der Waals surface area contributed by atoms with Crippen LogP contribution in [0.15, 0.2) is 70.7 Å². The number of carbonyl (C=O) groups excluding carboxylic acids is 3. The molecule has 0 spiro atoms. The first-order valence-corrected chi connectivity index (χ1v) is 13.8. The minimum atomic E-state index is -3.95. The number of likely N-dealkylation sites (tertiary alicyclic amines) is 1. The zero-order valence-electron chi connectivity index (χ0n) is 20.7. The number of hydrogen-bond donors (Lipinski definition) is 1. The van der Waals surface area contributed by atoms with Crippen LogP contribution in [0.3, 0.4) is 0 Å². The fourth-order valence-corrected chi connectivity index (χ4v) is 6.70. The largest absolute Gasteiger partial charge is 0.444 e. The molecule has 5 rings (SSSR count). The summed E-state index contributed by atoms with van der Waals surface area (Å²) in [5.74, 6) is -0.576. The monoisotopic (exact) mass is 537 g/mol. The summed E-state index contributed by atoms with van der Waals surface area (Å²) in [6.07, 6.45) is 6.94. The third kappa shape index (κ3) is 4.72. The molecule has 3 aromatic rings. The van der Waals surface area contributed by atoms with Crippen LogP contribution in [0.1, 0.15) is 36.5 Å². The van der Waals surface area contributed by atoms with E-state index in [1.165, 1.54) is 40.1 Å². The number of nitrogens with one attached hydrogen (secondary N) is 1. The summed E-state index contributed by atoms with van der Waals surface area (Å²) < 4.78 is 32.8. The number of benzene rings is 1. The van der Waals surface area contributed by atoms with Gasteiger partial charge in [0.2, 0.25) is 15.9 Å². The second-order valence-corrected chi connectivity index (χ2v) is 11.2. The van der Waals surface area contributed by atoms with Crippen molar-refractivity contribution in [2.45, 2.75) is 49.2 Å². The van der Waals surface area contributed by atoms with Crippen LogP contribution in [0.25, 0.3) is 11.3 Å². The molecular formula is C26H27N5O6S. The van der Waals surface area contributed by atoms with Gasteiger partial charge < -0.3 is 14.6 Å². The van der Waals surface area contributed by atoms with Crippen LogP contribution in [0, 0.1) is 0 Å². The molecule has 0 aliphatic carbocycles. The summed E-state index contributed by atoms with van der Waals surface area (Å²) in [4.78, 5) is 48.8. The molecule has 4 heterocycles. The molecule has 3 atom stereocenters. The smallest absolute Gasteiger partial charge is 0.251 e. The van der Waals surface area contributed by atoms with Gasteiger partial charge in [0.1, 0.15) is 17.0 Å². The van der Waals surface area contributed by atoms with E-state index in [9.17, 15) is 22.8 Å². The lowest BCUT2D eigenvalue weighted by Crippen LogP contribution is -2.52. The summed E-state index contributed by atoms with van der Waals surface area (Å²) in [6.45, 7) is 1.81. The second-order valence-electron chi connectivity index (χ2n) is 9.30. The molecule has 38 heavy (non-hydrogen) atoms. The quantitative estimate of drug-likeness (QED) is 0.459. The molecule has 1 N–H and O–H groups in total. The number of hydrogen-bond acceptors (Lipinski definition) is 8. The highest BCUT2D eigenvalue weighted by molar-refractivity contribution is 7.89. The number of sulfonamides is 1. The van der Waals surface area contributed by atoms with Crippen molar-refractivity contribution >= 4 is 27.6 Å². The molecule has 0 saturated carbocycles. The first kappa shape index (κ1) is 25.7. The molecule has 0 bridgehead atoms. The third-order valence-corrected chi connectivity index (χ3v) is 8.80. The molecular weight excluding hydrogens is 510 g/mol. The number of Topliss-reactive ketones (excluding diaryl/α,β-unsaturated/α-hetero) is 1. The molecule has 2 saturated heterocycles. The summed E-state index contributed by atoms with van der Waals surface area (Å²) in [5, 5.41) is 2.81. The number of ketones is 1. The van der Waals surface area contributed by atoms with Gasteiger partial charge in [0.05, 0.1) is 18.8 Å². The van der Waals surface area contributed by atoms with Crippen molar-refractivity contribution in [2.75, 3.05) is 13.1 Å². The van der Waals surface area contributed by atoms with Gasteiger partial charge in [-0.3, -0.25) is 19.4 Å². The van der Waals surface area contributed by atoms with Crippen LogP contribution in [0.4, 0.5) is 0 Å². The molecule has 198 valence electrons. The maximum atomic E-state index is 13.6. The molecule has 0 radical (unpaired) electrons. The lowest BCUT2D eigenvalue weighted by molar-refractivity contribution is -0.138. The summed E-state index contributed by atoms with van der Waals surface area (Å²) >= 11 is 0. The maximum Gasteiger partial charge on any atom is 0.251 e. The van der Waals surface area contributed by atoms with E-state index in [1.807, 2.05) is 6.92 Å². The summed E-state index contributed by atoms with van der Waals surface area (Å²) in [7, 11) is -3.95. The molecule has 2 amide bonds. The number of carbonyl (C=O) groups is 3. The van der Waals surface area contributed by atoms with E-state index in [4.69, 9.17) is 4.42 Å². The molecule has 12 heteroatoms. The Hall–Kier alpha value is -3.90. The van der Waals surface area contributed by atoms with E-state index in [-0.39, 0.29) is 29.7 Å². The predicted molar refractivity (Wildman–Crippen MR) is 135 cm³/mol. The van der Waals surface area contributed by atoms with Gasteiger partial charge in [0.25, 0.3) is 5.91 Å². The minimum absolute atomic E-state index is 0.00341. The van der Waals surface area contributed by atoms with Gasteiger partial charge in [-0.25, -0.2) is 13.4 Å². The van der Waals surface area contributed by atoms with Crippen LogP contribution in [0.2, 0.25) is 0 Å². The fraction of sp³-hybridized carbons (Fsp3) is 0.346. The molecule has 2 aliphatic heterocycles. The first-order chi connectivity index (χ1) is 18.3. The summed E-state index contributed by atoms with van der Waals surface area (Å²) in [6, 6.07) is 7.29. The zero-order chi connectivity index (χ0) is 26.9. The van der Waals surface area contributed by atoms with Crippen molar-refractivity contribution in [3.05, 3.63) is 66.9 Å². The topological polar surface area (TPSA) is 143 Å². The lowest BCUT2D eigenvalue weighted by atomic mass is 10.1. The van der Waals surface area contributed by atoms with Crippen molar-refractivity contribution < 1.29 is 27.2 Å². The first-order valence-electron chi connectivity index (χ1n) is 12.4. The van der Waals surface area contributed by atoms with Gasteiger partial charge in [-0.2, -0.15) is 4.31 Å². The highest BCUT2D eigenvalue weighted by Crippen LogP contribution is 2.34. The average molecular weight is 538 g/mol. The van der Waals surface area contributed by atoms with E-state index in [1.54, 1.807) is 30.5 Å². The van der Waals surface area contributed by atoms with Crippen LogP contribution in [-0.4, -0.2) is 76.4 Å². The molecule has 2 aromatic heterocycles. The molecule has 3 unspecified atom stereocenters. The normalized spacial score (nSPS) is 20.3. The molecule has 11 nitrogen and oxygen atoms in total. The average Bonchev–Trinajstić information content (AvgIpc) is 3.68. The van der Waals surface area contributed by atoms with E-state index in [2.05, 4.69) is 15.3 Å². The van der Waals surface area contributed by atoms with Gasteiger partial charge >= 0.3 is 0 Å². The Labute approximate surface area is 219 Å². The molecule has 2 aliphatic rings. The number of pyridine rings is 1. The standard InChI is InChI=1S/C26H27N5O6S/c1-2-4-20(29-25(33)18-8-6-17(7-9-18)23-14-28-16-37-23)26(34)30-12-10-21-24(30)22(32)15-31(21)38(35,36)19-5-3-11-27-13-19/h3,5-9,11,13-14,16,20-21,24H,2,4,10,12,15H2,1H3,(H,29,33). The van der Waals surface area contributed by atoms with Crippen molar-refractivity contribution in [3.63, 3.8) is 0 Å². The molecule has 1 aromatic carbocycles. The Morgan fingerprint density at radius 1 is 1.16 bits per heavy atom. The lowest BCUT2D eigenvalue weighted by Gasteiger charge is -2.28. The van der Waals surface area contributed by atoms with Crippen molar-refractivity contribution in [1.82, 2.24) is 24.5 Å². The third-order valence-electron chi connectivity index (χ3n) is 6.95. The van der Waals surface area contributed by atoms with E-state index in [0.717, 1.165) is 5.56 Å². The molecule has 2 fully saturated rings. The minimum Gasteiger partial charge on any atom is -0.444 e. The predicted octanol–water partition coefficient (Wildman–Crippen LogP) is 1.88. The highest BCUT2D eigenvalue weighted by atomic mass is 32.2. The Balaban J connectivity index is 1.31. The highest BCUT2D eigenvalue weighted by Gasteiger charge is 2.54. The van der Waals surface area contributed by atoms with Gasteiger partial charge in [-0.15, -0.1) is 0 Å². The Morgan fingerprint density at radius 3 is 2.61 bits per heavy atom. The number of rotatable bonds is 8. The van der Waals surface area contributed by atoms with E-state index < -0.39 is 34.1 Å². The van der Waals surface area contributed by atoms with Gasteiger partial charge in [-0.05, 0) is 37.1 Å². The van der Waals surface area contributed by atoms with E-state index >= 15 is 0 Å². The number of amides is 2. The Kier molecular flexibility index (Phi) is 7.09. The van der Waals surface area contributed by atoms with E-state index in [0.29, 0.717) is 30.6 Å². The van der Waals surface area contributed by atoms with Crippen LogP contribution < -0.4 is 5.32 Å². The van der Waals surface area contributed by atoms with Crippen molar-refractivity contribution in [3.8, 4) is 11.3 Å². The summed E-state index contributed by atoms with van der Waals surface area (Å²) in [5.41, 5.74) is 1.13. The maximum absolute atomic E-state index is 13.6. The zero-order valence-corrected chi connectivity index (χ0v) is 21.5. The Morgan fingerprint density at radius 2 is 1.95 bits per heavy atom. The number of fused-ring (bicyclic) bond motifs is 1. The van der Waals surface area contributed by atoms with Crippen LogP contribution in [-0.2, 0) is 19.6 Å². The van der Waals surface area contributed by atoms with Crippen molar-refractivity contribution in [1.29, 1.82) is 0 Å². The van der Waals surface area contributed by atoms with Gasteiger partial charge in [0, 0.05) is 30.1 Å². The number of oxazole rings is 1.